The molecule has 3 rings (SSSR count). The van der Waals surface area contributed by atoms with Crippen molar-refractivity contribution in [1.82, 2.24) is 4.90 Å². The standard InChI is InChI=1S/C21H32N2O4/c1-14(2)11-17(22)20(24)23-8-6-21(7-9-23)16-13-19(26-4)18(25-3)12-15(16)5-10-27-21/h12-14,17H,5-11,22H2,1-4H3. The molecule has 0 bridgehead atoms. The van der Waals surface area contributed by atoms with Crippen LogP contribution < -0.4 is 15.2 Å². The number of benzene rings is 1. The van der Waals surface area contributed by atoms with E-state index in [4.69, 9.17) is 19.9 Å². The van der Waals surface area contributed by atoms with Crippen LogP contribution in [-0.4, -0.2) is 50.8 Å². The Bertz CT molecular complexity index is 681. The maximum absolute atomic E-state index is 12.7. The van der Waals surface area contributed by atoms with E-state index in [1.165, 1.54) is 11.1 Å². The van der Waals surface area contributed by atoms with Gasteiger partial charge in [-0.3, -0.25) is 4.79 Å². The summed E-state index contributed by atoms with van der Waals surface area (Å²) < 4.78 is 17.2. The van der Waals surface area contributed by atoms with Gasteiger partial charge in [0.1, 0.15) is 0 Å². The van der Waals surface area contributed by atoms with E-state index in [0.717, 1.165) is 37.2 Å². The molecule has 1 spiro atoms. The quantitative estimate of drug-likeness (QED) is 0.855. The zero-order valence-corrected chi connectivity index (χ0v) is 16.9. The van der Waals surface area contributed by atoms with Crippen molar-refractivity contribution in [3.8, 4) is 11.5 Å². The van der Waals surface area contributed by atoms with E-state index in [-0.39, 0.29) is 11.5 Å². The van der Waals surface area contributed by atoms with E-state index < -0.39 is 6.04 Å². The fraction of sp³-hybridized carbons (Fsp3) is 0.667. The lowest BCUT2D eigenvalue weighted by atomic mass is 9.79. The topological polar surface area (TPSA) is 74.0 Å². The van der Waals surface area contributed by atoms with Crippen LogP contribution in [0.25, 0.3) is 0 Å². The summed E-state index contributed by atoms with van der Waals surface area (Å²) in [5.41, 5.74) is 8.17. The molecule has 1 aromatic carbocycles. The SMILES string of the molecule is COc1cc2c(cc1OC)C1(CCN(C(=O)C(N)CC(C)C)CC1)OCC2. The maximum atomic E-state index is 12.7. The average Bonchev–Trinajstić information content (AvgIpc) is 2.67. The summed E-state index contributed by atoms with van der Waals surface area (Å²) in [5, 5.41) is 0. The van der Waals surface area contributed by atoms with Gasteiger partial charge >= 0.3 is 0 Å². The lowest BCUT2D eigenvalue weighted by Crippen LogP contribution is -2.52. The second-order valence-corrected chi connectivity index (χ2v) is 8.02. The van der Waals surface area contributed by atoms with Crippen LogP contribution in [0.1, 0.15) is 44.2 Å². The summed E-state index contributed by atoms with van der Waals surface area (Å²) in [6.07, 6.45) is 3.13. The molecule has 2 aliphatic heterocycles. The van der Waals surface area contributed by atoms with E-state index >= 15 is 0 Å². The number of hydrogen-bond acceptors (Lipinski definition) is 5. The van der Waals surface area contributed by atoms with Gasteiger partial charge in [-0.15, -0.1) is 0 Å². The molecule has 0 radical (unpaired) electrons. The molecule has 2 aliphatic rings. The van der Waals surface area contributed by atoms with Crippen molar-refractivity contribution in [3.63, 3.8) is 0 Å². The van der Waals surface area contributed by atoms with Gasteiger partial charge in [0.15, 0.2) is 11.5 Å². The molecule has 0 saturated carbocycles. The van der Waals surface area contributed by atoms with Crippen molar-refractivity contribution in [3.05, 3.63) is 23.3 Å². The molecule has 1 saturated heterocycles. The van der Waals surface area contributed by atoms with Crippen molar-refractivity contribution in [2.45, 2.75) is 51.2 Å². The van der Waals surface area contributed by atoms with E-state index in [0.29, 0.717) is 25.6 Å². The van der Waals surface area contributed by atoms with Crippen LogP contribution in [0.4, 0.5) is 0 Å². The number of nitrogens with zero attached hydrogens (tertiary/aromatic N) is 1. The molecule has 6 nitrogen and oxygen atoms in total. The molecule has 6 heteroatoms. The lowest BCUT2D eigenvalue weighted by molar-refractivity contribution is -0.142. The first-order valence-corrected chi connectivity index (χ1v) is 9.84. The highest BCUT2D eigenvalue weighted by Gasteiger charge is 2.42. The largest absolute Gasteiger partial charge is 0.493 e. The summed E-state index contributed by atoms with van der Waals surface area (Å²) in [4.78, 5) is 14.6. The Labute approximate surface area is 161 Å². The molecular formula is C21H32N2O4. The third-order valence-corrected chi connectivity index (χ3v) is 5.78. The number of rotatable bonds is 5. The number of hydrogen-bond donors (Lipinski definition) is 1. The number of piperidine rings is 1. The molecular weight excluding hydrogens is 344 g/mol. The molecule has 27 heavy (non-hydrogen) atoms. The second kappa shape index (κ2) is 8.07. The van der Waals surface area contributed by atoms with Crippen LogP contribution in [0.3, 0.4) is 0 Å². The van der Waals surface area contributed by atoms with Gasteiger partial charge in [0.25, 0.3) is 0 Å². The molecule has 1 atom stereocenters. The van der Waals surface area contributed by atoms with Crippen molar-refractivity contribution >= 4 is 5.91 Å². The first kappa shape index (κ1) is 20.0. The zero-order valence-electron chi connectivity index (χ0n) is 16.9. The second-order valence-electron chi connectivity index (χ2n) is 8.02. The third-order valence-electron chi connectivity index (χ3n) is 5.78. The minimum absolute atomic E-state index is 0.0573. The maximum Gasteiger partial charge on any atom is 0.239 e. The minimum atomic E-state index is -0.414. The average molecular weight is 376 g/mol. The first-order valence-electron chi connectivity index (χ1n) is 9.84. The van der Waals surface area contributed by atoms with Crippen LogP contribution in [0.5, 0.6) is 11.5 Å². The third kappa shape index (κ3) is 3.92. The molecule has 1 aromatic rings. The normalized spacial score (nSPS) is 19.7. The summed E-state index contributed by atoms with van der Waals surface area (Å²) in [6, 6.07) is 3.70. The van der Waals surface area contributed by atoms with E-state index in [1.807, 2.05) is 4.90 Å². The van der Waals surface area contributed by atoms with E-state index in [2.05, 4.69) is 26.0 Å². The fourth-order valence-electron chi connectivity index (χ4n) is 4.33. The summed E-state index contributed by atoms with van der Waals surface area (Å²) in [6.45, 7) is 6.19. The van der Waals surface area contributed by atoms with Crippen LogP contribution in [0.15, 0.2) is 12.1 Å². The Morgan fingerprint density at radius 1 is 1.22 bits per heavy atom. The molecule has 1 fully saturated rings. The molecule has 2 N–H and O–H groups in total. The van der Waals surface area contributed by atoms with E-state index in [9.17, 15) is 4.79 Å². The van der Waals surface area contributed by atoms with Crippen molar-refractivity contribution in [2.75, 3.05) is 33.9 Å². The van der Waals surface area contributed by atoms with Gasteiger partial charge in [0, 0.05) is 13.1 Å². The molecule has 1 unspecified atom stereocenters. The van der Waals surface area contributed by atoms with Crippen LogP contribution in [0.2, 0.25) is 0 Å². The lowest BCUT2D eigenvalue weighted by Gasteiger charge is -2.45. The summed E-state index contributed by atoms with van der Waals surface area (Å²) in [5.74, 6) is 1.94. The number of ether oxygens (including phenoxy) is 3. The van der Waals surface area contributed by atoms with Gasteiger partial charge in [0.2, 0.25) is 5.91 Å². The van der Waals surface area contributed by atoms with Gasteiger partial charge in [0.05, 0.1) is 32.5 Å². The summed E-state index contributed by atoms with van der Waals surface area (Å²) in [7, 11) is 3.31. The number of fused-ring (bicyclic) bond motifs is 2. The van der Waals surface area contributed by atoms with Gasteiger partial charge in [-0.25, -0.2) is 0 Å². The van der Waals surface area contributed by atoms with Gasteiger partial charge < -0.3 is 24.8 Å². The van der Waals surface area contributed by atoms with Gasteiger partial charge in [-0.1, -0.05) is 13.8 Å². The highest BCUT2D eigenvalue weighted by atomic mass is 16.5. The number of likely N-dealkylation sites (tertiary alicyclic amines) is 1. The van der Waals surface area contributed by atoms with Crippen LogP contribution in [0, 0.1) is 5.92 Å². The summed E-state index contributed by atoms with van der Waals surface area (Å²) >= 11 is 0. The predicted molar refractivity (Wildman–Crippen MR) is 104 cm³/mol. The molecule has 150 valence electrons. The zero-order chi connectivity index (χ0) is 19.6. The Kier molecular flexibility index (Phi) is 5.96. The molecule has 0 aliphatic carbocycles. The van der Waals surface area contributed by atoms with Gasteiger partial charge in [-0.2, -0.15) is 0 Å². The van der Waals surface area contributed by atoms with Crippen molar-refractivity contribution < 1.29 is 19.0 Å². The number of carbonyl (C=O) groups is 1. The fourth-order valence-corrected chi connectivity index (χ4v) is 4.33. The van der Waals surface area contributed by atoms with Crippen LogP contribution in [-0.2, 0) is 21.6 Å². The first-order chi connectivity index (χ1) is 12.9. The molecule has 1 amide bonds. The Hall–Kier alpha value is -1.79. The number of amides is 1. The highest BCUT2D eigenvalue weighted by molar-refractivity contribution is 5.81. The Balaban J connectivity index is 1.78. The van der Waals surface area contributed by atoms with Gasteiger partial charge in [-0.05, 0) is 54.9 Å². The molecule has 0 aromatic heterocycles. The Morgan fingerprint density at radius 3 is 2.44 bits per heavy atom. The Morgan fingerprint density at radius 2 is 1.85 bits per heavy atom. The number of nitrogens with two attached hydrogens (primary N) is 1. The van der Waals surface area contributed by atoms with E-state index in [1.54, 1.807) is 14.2 Å². The number of methoxy groups -OCH3 is 2. The number of carbonyl (C=O) groups excluding carboxylic acids is 1. The highest BCUT2D eigenvalue weighted by Crippen LogP contribution is 2.45. The minimum Gasteiger partial charge on any atom is -0.493 e. The molecule has 2 heterocycles. The van der Waals surface area contributed by atoms with Crippen LogP contribution >= 0.6 is 0 Å². The van der Waals surface area contributed by atoms with Crippen molar-refractivity contribution in [1.29, 1.82) is 0 Å². The smallest absolute Gasteiger partial charge is 0.239 e. The monoisotopic (exact) mass is 376 g/mol. The predicted octanol–water partition coefficient (Wildman–Crippen LogP) is 2.47. The van der Waals surface area contributed by atoms with Crippen molar-refractivity contribution in [2.24, 2.45) is 11.7 Å².